The van der Waals surface area contributed by atoms with E-state index in [1.54, 1.807) is 4.57 Å². The van der Waals surface area contributed by atoms with Crippen LogP contribution in [0.15, 0.2) is 68.0 Å². The van der Waals surface area contributed by atoms with Crippen LogP contribution >= 0.6 is 27.3 Å². The summed E-state index contributed by atoms with van der Waals surface area (Å²) in [6.45, 7) is 8.40. The highest BCUT2D eigenvalue weighted by Crippen LogP contribution is 2.38. The minimum Gasteiger partial charge on any atom is -0.490 e. The minimum atomic E-state index is -0.631. The minimum absolute atomic E-state index is 0.0230. The summed E-state index contributed by atoms with van der Waals surface area (Å²) < 4.78 is 19.9. The standard InChI is InChI=1S/C29H31BrN2O5S/c1-6-17(4)37-26-20(30)14-18(15-22(26)36-8-3)16-23-27(33)32-25(19-12-10-9-11-13-19)24(28(34)35-5)21(7-2)31-29(32)38-23/h9-17,25H,6-8H2,1-5H3/b23-16+/t17-,25-/m0/s1. The van der Waals surface area contributed by atoms with Crippen molar-refractivity contribution in [2.75, 3.05) is 13.7 Å². The van der Waals surface area contributed by atoms with Crippen molar-refractivity contribution in [1.82, 2.24) is 4.57 Å². The zero-order valence-corrected chi connectivity index (χ0v) is 24.5. The number of carbonyl (C=O) groups excluding carboxylic acids is 1. The summed E-state index contributed by atoms with van der Waals surface area (Å²) in [7, 11) is 1.35. The third-order valence-electron chi connectivity index (χ3n) is 6.29. The van der Waals surface area contributed by atoms with Gasteiger partial charge in [0.05, 0.1) is 46.1 Å². The van der Waals surface area contributed by atoms with Gasteiger partial charge < -0.3 is 14.2 Å². The molecule has 2 atom stereocenters. The monoisotopic (exact) mass is 598 g/mol. The van der Waals surface area contributed by atoms with Crippen LogP contribution in [-0.4, -0.2) is 30.4 Å². The van der Waals surface area contributed by atoms with E-state index in [0.29, 0.717) is 45.1 Å². The van der Waals surface area contributed by atoms with Crippen LogP contribution in [0.3, 0.4) is 0 Å². The summed E-state index contributed by atoms with van der Waals surface area (Å²) in [5, 5.41) is 0. The smallest absolute Gasteiger partial charge is 0.338 e. The molecule has 38 heavy (non-hydrogen) atoms. The second-order valence-electron chi connectivity index (χ2n) is 8.80. The van der Waals surface area contributed by atoms with Crippen LogP contribution < -0.4 is 24.4 Å². The number of fused-ring (bicyclic) bond motifs is 1. The van der Waals surface area contributed by atoms with Crippen LogP contribution in [0.5, 0.6) is 11.5 Å². The third-order valence-corrected chi connectivity index (χ3v) is 7.86. The van der Waals surface area contributed by atoms with Crippen LogP contribution in [0, 0.1) is 0 Å². The van der Waals surface area contributed by atoms with Crippen LogP contribution in [0.25, 0.3) is 6.08 Å². The third kappa shape index (κ3) is 5.49. The molecule has 1 aliphatic rings. The predicted octanol–water partition coefficient (Wildman–Crippen LogP) is 5.14. The average molecular weight is 600 g/mol. The van der Waals surface area contributed by atoms with Crippen molar-refractivity contribution in [3.05, 3.63) is 89.0 Å². The lowest BCUT2D eigenvalue weighted by Crippen LogP contribution is -2.40. The van der Waals surface area contributed by atoms with E-state index in [2.05, 4.69) is 22.9 Å². The van der Waals surface area contributed by atoms with E-state index in [-0.39, 0.29) is 11.7 Å². The van der Waals surface area contributed by atoms with Gasteiger partial charge in [0.2, 0.25) is 0 Å². The van der Waals surface area contributed by atoms with Gasteiger partial charge in [-0.25, -0.2) is 9.79 Å². The highest BCUT2D eigenvalue weighted by molar-refractivity contribution is 9.10. The number of thiazole rings is 1. The largest absolute Gasteiger partial charge is 0.490 e. The fourth-order valence-corrected chi connectivity index (χ4v) is 5.87. The second kappa shape index (κ2) is 12.1. The first-order valence-corrected chi connectivity index (χ1v) is 14.2. The molecule has 0 fully saturated rings. The zero-order valence-electron chi connectivity index (χ0n) is 22.1. The predicted molar refractivity (Wildman–Crippen MR) is 153 cm³/mol. The number of allylic oxidation sites excluding steroid dienone is 1. The first-order chi connectivity index (χ1) is 18.3. The molecule has 200 valence electrons. The number of hydrogen-bond donors (Lipinski definition) is 0. The SMILES string of the molecule is CCOc1cc(/C=c2/sc3n(c2=O)[C@@H](c2ccccc2)C(C(=O)OC)=C(CC)N=3)cc(Br)c1O[C@@H](C)CC. The van der Waals surface area contributed by atoms with Gasteiger partial charge in [0.1, 0.15) is 0 Å². The molecule has 0 radical (unpaired) electrons. The normalized spacial score (nSPS) is 16.1. The van der Waals surface area contributed by atoms with Gasteiger partial charge in [0, 0.05) is 0 Å². The number of rotatable bonds is 9. The Labute approximate surface area is 234 Å². The molecule has 2 heterocycles. The summed E-state index contributed by atoms with van der Waals surface area (Å²) in [5.41, 5.74) is 2.36. The number of ether oxygens (including phenoxy) is 3. The van der Waals surface area contributed by atoms with E-state index in [9.17, 15) is 9.59 Å². The Balaban J connectivity index is 1.91. The Kier molecular flexibility index (Phi) is 8.89. The highest BCUT2D eigenvalue weighted by atomic mass is 79.9. The Morgan fingerprint density at radius 2 is 1.95 bits per heavy atom. The number of aromatic nitrogens is 1. The summed E-state index contributed by atoms with van der Waals surface area (Å²) in [5.74, 6) is 0.750. The molecule has 0 amide bonds. The molecular formula is C29H31BrN2O5S. The van der Waals surface area contributed by atoms with Crippen LogP contribution in [-0.2, 0) is 9.53 Å². The first kappa shape index (κ1) is 27.9. The van der Waals surface area contributed by atoms with E-state index >= 15 is 0 Å². The first-order valence-electron chi connectivity index (χ1n) is 12.6. The van der Waals surface area contributed by atoms with E-state index in [1.165, 1.54) is 18.4 Å². The van der Waals surface area contributed by atoms with Crippen molar-refractivity contribution in [3.63, 3.8) is 0 Å². The Morgan fingerprint density at radius 1 is 1.21 bits per heavy atom. The molecule has 0 aliphatic carbocycles. The number of hydrogen-bond acceptors (Lipinski definition) is 7. The molecule has 2 aromatic carbocycles. The molecule has 7 nitrogen and oxygen atoms in total. The number of esters is 1. The fourth-order valence-electron chi connectivity index (χ4n) is 4.30. The van der Waals surface area contributed by atoms with E-state index < -0.39 is 12.0 Å². The maximum Gasteiger partial charge on any atom is 0.338 e. The van der Waals surface area contributed by atoms with Crippen LogP contribution in [0.2, 0.25) is 0 Å². The lowest BCUT2D eigenvalue weighted by molar-refractivity contribution is -0.136. The van der Waals surface area contributed by atoms with Gasteiger partial charge in [-0.2, -0.15) is 0 Å². The average Bonchev–Trinajstić information content (AvgIpc) is 3.23. The van der Waals surface area contributed by atoms with Crippen LogP contribution in [0.4, 0.5) is 0 Å². The van der Waals surface area contributed by atoms with Crippen molar-refractivity contribution >= 4 is 39.3 Å². The van der Waals surface area contributed by atoms with E-state index in [4.69, 9.17) is 19.2 Å². The molecule has 0 saturated carbocycles. The van der Waals surface area contributed by atoms with Gasteiger partial charge >= 0.3 is 5.97 Å². The molecular weight excluding hydrogens is 568 g/mol. The van der Waals surface area contributed by atoms with Gasteiger partial charge in [-0.15, -0.1) is 0 Å². The topological polar surface area (TPSA) is 79.1 Å². The Morgan fingerprint density at radius 3 is 2.58 bits per heavy atom. The molecule has 4 rings (SSSR count). The highest BCUT2D eigenvalue weighted by Gasteiger charge is 2.33. The van der Waals surface area contributed by atoms with Gasteiger partial charge in [0.25, 0.3) is 5.56 Å². The quantitative estimate of drug-likeness (QED) is 0.319. The second-order valence-corrected chi connectivity index (χ2v) is 10.7. The van der Waals surface area contributed by atoms with Gasteiger partial charge in [-0.1, -0.05) is 55.5 Å². The molecule has 1 aromatic heterocycles. The van der Waals surface area contributed by atoms with E-state index in [1.807, 2.05) is 69.3 Å². The molecule has 0 bridgehead atoms. The molecule has 0 spiro atoms. The van der Waals surface area contributed by atoms with Gasteiger partial charge in [-0.05, 0) is 72.0 Å². The molecule has 0 N–H and O–H groups in total. The Hall–Kier alpha value is -3.17. The van der Waals surface area contributed by atoms with Gasteiger partial charge in [-0.3, -0.25) is 9.36 Å². The summed E-state index contributed by atoms with van der Waals surface area (Å²) in [6, 6.07) is 12.6. The fraction of sp³-hybridized carbons (Fsp3) is 0.345. The summed E-state index contributed by atoms with van der Waals surface area (Å²) in [4.78, 5) is 32.0. The number of halogens is 1. The molecule has 3 aromatic rings. The zero-order chi connectivity index (χ0) is 27.4. The van der Waals surface area contributed by atoms with Crippen molar-refractivity contribution < 1.29 is 19.0 Å². The van der Waals surface area contributed by atoms with Crippen molar-refractivity contribution in [2.45, 2.75) is 52.7 Å². The maximum absolute atomic E-state index is 13.8. The summed E-state index contributed by atoms with van der Waals surface area (Å²) >= 11 is 4.92. The van der Waals surface area contributed by atoms with Crippen molar-refractivity contribution in [2.24, 2.45) is 4.99 Å². The molecule has 0 unspecified atom stereocenters. The lowest BCUT2D eigenvalue weighted by Gasteiger charge is -2.25. The van der Waals surface area contributed by atoms with Gasteiger partial charge in [0.15, 0.2) is 16.3 Å². The summed E-state index contributed by atoms with van der Waals surface area (Å²) in [6.07, 6.45) is 3.23. The lowest BCUT2D eigenvalue weighted by atomic mass is 9.95. The molecule has 0 saturated heterocycles. The number of nitrogens with zero attached hydrogens (tertiary/aromatic N) is 2. The number of carbonyl (C=O) groups is 1. The maximum atomic E-state index is 13.8. The van der Waals surface area contributed by atoms with Crippen LogP contribution in [0.1, 0.15) is 57.7 Å². The molecule has 9 heteroatoms. The number of benzene rings is 2. The van der Waals surface area contributed by atoms with Crippen molar-refractivity contribution in [1.29, 1.82) is 0 Å². The number of methoxy groups -OCH3 is 1. The molecule has 1 aliphatic heterocycles. The van der Waals surface area contributed by atoms with E-state index in [0.717, 1.165) is 22.0 Å². The van der Waals surface area contributed by atoms with Crippen molar-refractivity contribution in [3.8, 4) is 11.5 Å². The Bertz CT molecular complexity index is 1540.